The van der Waals surface area contributed by atoms with Gasteiger partial charge in [-0.1, -0.05) is 36.4 Å². The first kappa shape index (κ1) is 23.5. The van der Waals surface area contributed by atoms with Gasteiger partial charge in [0.25, 0.3) is 5.91 Å². The normalized spacial score (nSPS) is 11.4. The van der Waals surface area contributed by atoms with Crippen LogP contribution in [0.1, 0.15) is 24.5 Å². The molecule has 2 aromatic rings. The number of benzene rings is 2. The van der Waals surface area contributed by atoms with Crippen molar-refractivity contribution in [3.05, 3.63) is 65.7 Å². The molecule has 162 valence electrons. The van der Waals surface area contributed by atoms with Crippen LogP contribution in [-0.4, -0.2) is 38.2 Å². The van der Waals surface area contributed by atoms with Gasteiger partial charge in [-0.05, 0) is 49.1 Å². The summed E-state index contributed by atoms with van der Waals surface area (Å²) >= 11 is 0. The second kappa shape index (κ2) is 12.7. The quantitative estimate of drug-likeness (QED) is 0.441. The lowest BCUT2D eigenvalue weighted by Crippen LogP contribution is -2.36. The van der Waals surface area contributed by atoms with Gasteiger partial charge >= 0.3 is 5.97 Å². The minimum absolute atomic E-state index is 0.0313. The molecule has 1 amide bonds. The third kappa shape index (κ3) is 8.62. The van der Waals surface area contributed by atoms with E-state index in [1.54, 1.807) is 24.3 Å². The monoisotopic (exact) mass is 422 g/mol. The first-order valence-corrected chi connectivity index (χ1v) is 9.87. The zero-order valence-electron chi connectivity index (χ0n) is 17.7. The van der Waals surface area contributed by atoms with Crippen LogP contribution in [0.3, 0.4) is 0 Å². The number of esters is 1. The van der Waals surface area contributed by atoms with Crippen molar-refractivity contribution in [2.45, 2.75) is 25.8 Å². The molecule has 0 aliphatic carbocycles. The summed E-state index contributed by atoms with van der Waals surface area (Å²) in [5.74, 6) is -0.102. The Bertz CT molecular complexity index is 935. The van der Waals surface area contributed by atoms with Crippen LogP contribution in [0.15, 0.2) is 54.6 Å². The topological polar surface area (TPSA) is 97.7 Å². The Kier molecular flexibility index (Phi) is 9.63. The van der Waals surface area contributed by atoms with Crippen molar-refractivity contribution in [3.8, 4) is 17.6 Å². The number of nitrogens with one attached hydrogen (secondary N) is 1. The van der Waals surface area contributed by atoms with E-state index in [0.29, 0.717) is 17.1 Å². The zero-order chi connectivity index (χ0) is 22.5. The molecule has 0 heterocycles. The van der Waals surface area contributed by atoms with Crippen LogP contribution in [0.4, 0.5) is 0 Å². The Morgan fingerprint density at radius 1 is 1.16 bits per heavy atom. The van der Waals surface area contributed by atoms with E-state index in [4.69, 9.17) is 19.5 Å². The molecular weight excluding hydrogens is 396 g/mol. The summed E-state index contributed by atoms with van der Waals surface area (Å²) in [5.41, 5.74) is 1.89. The summed E-state index contributed by atoms with van der Waals surface area (Å²) in [6.07, 6.45) is 4.42. The number of methoxy groups -OCH3 is 1. The summed E-state index contributed by atoms with van der Waals surface area (Å²) < 4.78 is 15.5. The van der Waals surface area contributed by atoms with Gasteiger partial charge in [-0.2, -0.15) is 5.26 Å². The minimum Gasteiger partial charge on any atom is -0.493 e. The highest BCUT2D eigenvalue weighted by Gasteiger charge is 2.10. The molecule has 0 aliphatic heterocycles. The van der Waals surface area contributed by atoms with Crippen LogP contribution in [-0.2, 0) is 20.7 Å². The van der Waals surface area contributed by atoms with Crippen LogP contribution in [0.25, 0.3) is 6.08 Å². The van der Waals surface area contributed by atoms with Gasteiger partial charge in [0.15, 0.2) is 24.7 Å². The van der Waals surface area contributed by atoms with Crippen molar-refractivity contribution in [1.82, 2.24) is 5.32 Å². The highest BCUT2D eigenvalue weighted by Crippen LogP contribution is 2.28. The molecular formula is C24H26N2O5. The summed E-state index contributed by atoms with van der Waals surface area (Å²) in [6, 6.07) is 16.9. The van der Waals surface area contributed by atoms with Crippen LogP contribution in [0.5, 0.6) is 11.5 Å². The number of hydrogen-bond acceptors (Lipinski definition) is 6. The Balaban J connectivity index is 1.75. The van der Waals surface area contributed by atoms with Crippen molar-refractivity contribution < 1.29 is 23.8 Å². The summed E-state index contributed by atoms with van der Waals surface area (Å²) in [5, 5.41) is 11.4. The third-order valence-corrected chi connectivity index (χ3v) is 4.35. The number of aryl methyl sites for hydroxylation is 1. The molecule has 7 heteroatoms. The van der Waals surface area contributed by atoms with Crippen LogP contribution >= 0.6 is 0 Å². The number of ether oxygens (including phenoxy) is 3. The first-order valence-electron chi connectivity index (χ1n) is 9.87. The van der Waals surface area contributed by atoms with Gasteiger partial charge in [0.05, 0.1) is 7.11 Å². The van der Waals surface area contributed by atoms with Crippen LogP contribution in [0, 0.1) is 11.3 Å². The summed E-state index contributed by atoms with van der Waals surface area (Å²) in [6.45, 7) is 1.48. The Labute approximate surface area is 182 Å². The van der Waals surface area contributed by atoms with Gasteiger partial charge in [-0.3, -0.25) is 4.79 Å². The fraction of sp³-hybridized carbons (Fsp3) is 0.292. The largest absolute Gasteiger partial charge is 0.493 e. The van der Waals surface area contributed by atoms with Gasteiger partial charge in [0, 0.05) is 12.1 Å². The number of nitriles is 1. The van der Waals surface area contributed by atoms with Crippen molar-refractivity contribution >= 4 is 18.0 Å². The zero-order valence-corrected chi connectivity index (χ0v) is 17.7. The molecule has 0 aliphatic rings. The SMILES string of the molecule is COc1cc(/C=C/C(=O)OCC(=O)N[C@H](C)CCc2ccccc2)ccc1OCC#N. The molecule has 2 rings (SSSR count). The molecule has 1 N–H and O–H groups in total. The lowest BCUT2D eigenvalue weighted by Gasteiger charge is -2.13. The lowest BCUT2D eigenvalue weighted by molar-refractivity contribution is -0.144. The Morgan fingerprint density at radius 2 is 1.94 bits per heavy atom. The van der Waals surface area contributed by atoms with Gasteiger partial charge in [-0.15, -0.1) is 0 Å². The van der Waals surface area contributed by atoms with Crippen molar-refractivity contribution in [1.29, 1.82) is 5.26 Å². The van der Waals surface area contributed by atoms with E-state index < -0.39 is 5.97 Å². The Hall–Kier alpha value is -3.79. The highest BCUT2D eigenvalue weighted by molar-refractivity contribution is 5.89. The third-order valence-electron chi connectivity index (χ3n) is 4.35. The molecule has 0 unspecified atom stereocenters. The number of carbonyl (C=O) groups excluding carboxylic acids is 2. The van der Waals surface area contributed by atoms with Crippen molar-refractivity contribution in [2.75, 3.05) is 20.3 Å². The summed E-state index contributed by atoms with van der Waals surface area (Å²) in [7, 11) is 1.48. The van der Waals surface area contributed by atoms with E-state index in [0.717, 1.165) is 12.8 Å². The van der Waals surface area contributed by atoms with Gasteiger partial charge < -0.3 is 19.5 Å². The van der Waals surface area contributed by atoms with E-state index in [-0.39, 0.29) is 25.2 Å². The fourth-order valence-corrected chi connectivity index (χ4v) is 2.78. The highest BCUT2D eigenvalue weighted by atomic mass is 16.5. The van der Waals surface area contributed by atoms with E-state index in [1.807, 2.05) is 43.3 Å². The van der Waals surface area contributed by atoms with Crippen molar-refractivity contribution in [2.24, 2.45) is 0 Å². The molecule has 7 nitrogen and oxygen atoms in total. The molecule has 0 bridgehead atoms. The predicted molar refractivity (Wildman–Crippen MR) is 116 cm³/mol. The number of amides is 1. The van der Waals surface area contributed by atoms with Gasteiger partial charge in [0.2, 0.25) is 0 Å². The van der Waals surface area contributed by atoms with Crippen molar-refractivity contribution in [3.63, 3.8) is 0 Å². The lowest BCUT2D eigenvalue weighted by atomic mass is 10.1. The fourth-order valence-electron chi connectivity index (χ4n) is 2.78. The summed E-state index contributed by atoms with van der Waals surface area (Å²) in [4.78, 5) is 23.9. The smallest absolute Gasteiger partial charge is 0.331 e. The average Bonchev–Trinajstić information content (AvgIpc) is 2.79. The molecule has 31 heavy (non-hydrogen) atoms. The predicted octanol–water partition coefficient (Wildman–Crippen LogP) is 3.29. The standard InChI is InChI=1S/C24H26N2O5/c1-18(8-9-19-6-4-3-5-7-19)26-23(27)17-31-24(28)13-11-20-10-12-21(30-15-14-25)22(16-20)29-2/h3-7,10-13,16,18H,8-9,15,17H2,1-2H3,(H,26,27)/b13-11+/t18-/m1/s1. The molecule has 0 radical (unpaired) electrons. The second-order valence-electron chi connectivity index (χ2n) is 6.79. The molecule has 0 aromatic heterocycles. The van der Waals surface area contributed by atoms with Gasteiger partial charge in [0.1, 0.15) is 6.07 Å². The second-order valence-corrected chi connectivity index (χ2v) is 6.79. The maximum Gasteiger partial charge on any atom is 0.331 e. The molecule has 0 fully saturated rings. The maximum atomic E-state index is 12.0. The number of rotatable bonds is 11. The Morgan fingerprint density at radius 3 is 2.65 bits per heavy atom. The van der Waals surface area contributed by atoms with E-state index in [9.17, 15) is 9.59 Å². The molecule has 2 aromatic carbocycles. The average molecular weight is 422 g/mol. The number of carbonyl (C=O) groups is 2. The maximum absolute atomic E-state index is 12.0. The van der Waals surface area contributed by atoms with E-state index in [2.05, 4.69) is 5.32 Å². The molecule has 1 atom stereocenters. The van der Waals surface area contributed by atoms with Crippen LogP contribution < -0.4 is 14.8 Å². The van der Waals surface area contributed by atoms with Gasteiger partial charge in [-0.25, -0.2) is 4.79 Å². The van der Waals surface area contributed by atoms with Crippen LogP contribution in [0.2, 0.25) is 0 Å². The number of nitrogens with zero attached hydrogens (tertiary/aromatic N) is 1. The van der Waals surface area contributed by atoms with E-state index >= 15 is 0 Å². The van der Waals surface area contributed by atoms with E-state index in [1.165, 1.54) is 18.7 Å². The molecule has 0 saturated heterocycles. The first-order chi connectivity index (χ1) is 15.0. The number of hydrogen-bond donors (Lipinski definition) is 1. The minimum atomic E-state index is -0.629. The molecule has 0 spiro atoms. The molecule has 0 saturated carbocycles.